The first-order chi connectivity index (χ1) is 13.1. The maximum Gasteiger partial charge on any atom is 0.225 e. The van der Waals surface area contributed by atoms with E-state index in [9.17, 15) is 4.39 Å². The largest absolute Gasteiger partial charge is 0.516 e. The summed E-state index contributed by atoms with van der Waals surface area (Å²) in [4.78, 5) is 8.94. The number of rotatable bonds is 4. The second-order valence-electron chi connectivity index (χ2n) is 6.00. The van der Waals surface area contributed by atoms with E-state index in [0.717, 1.165) is 17.4 Å². The number of benzene rings is 1. The molecule has 3 heterocycles. The van der Waals surface area contributed by atoms with Crippen molar-refractivity contribution in [3.8, 4) is 0 Å². The van der Waals surface area contributed by atoms with Crippen molar-refractivity contribution < 1.29 is 9.50 Å². The Morgan fingerprint density at radius 2 is 2.00 bits per heavy atom. The van der Waals surface area contributed by atoms with Crippen LogP contribution in [-0.4, -0.2) is 34.5 Å². The van der Waals surface area contributed by atoms with Crippen LogP contribution in [-0.2, 0) is 6.54 Å². The molecule has 4 aromatic rings. The first-order valence-electron chi connectivity index (χ1n) is 8.17. The van der Waals surface area contributed by atoms with E-state index in [2.05, 4.69) is 20.2 Å². The van der Waals surface area contributed by atoms with Gasteiger partial charge < -0.3 is 10.8 Å². The third-order valence-corrected chi connectivity index (χ3v) is 4.13. The molecule has 0 aliphatic rings. The minimum atomic E-state index is -0.288. The van der Waals surface area contributed by atoms with Gasteiger partial charge in [0.2, 0.25) is 5.95 Å². The smallest absolute Gasteiger partial charge is 0.225 e. The first-order valence-corrected chi connectivity index (χ1v) is 8.17. The van der Waals surface area contributed by atoms with Crippen LogP contribution < -0.4 is 5.73 Å². The van der Waals surface area contributed by atoms with Crippen molar-refractivity contribution >= 4 is 28.2 Å². The molecule has 0 bridgehead atoms. The van der Waals surface area contributed by atoms with Crippen molar-refractivity contribution in [2.75, 3.05) is 5.73 Å². The van der Waals surface area contributed by atoms with Crippen LogP contribution in [0.1, 0.15) is 18.3 Å². The van der Waals surface area contributed by atoms with Gasteiger partial charge in [0, 0.05) is 0 Å². The van der Waals surface area contributed by atoms with Crippen molar-refractivity contribution in [2.24, 2.45) is 0 Å². The number of aromatic nitrogens is 6. The number of nitrogen functional groups attached to an aromatic ring is 1. The summed E-state index contributed by atoms with van der Waals surface area (Å²) in [5, 5.41) is 18.2. The predicted octanol–water partition coefficient (Wildman–Crippen LogP) is 2.72. The molecule has 0 spiro atoms. The summed E-state index contributed by atoms with van der Waals surface area (Å²) in [7, 11) is 0. The van der Waals surface area contributed by atoms with Crippen molar-refractivity contribution in [3.05, 3.63) is 66.1 Å². The zero-order chi connectivity index (χ0) is 19.0. The highest BCUT2D eigenvalue weighted by molar-refractivity contribution is 5.90. The molecule has 4 rings (SSSR count). The third-order valence-electron chi connectivity index (χ3n) is 4.13. The minimum absolute atomic E-state index is 0.183. The van der Waals surface area contributed by atoms with Crippen LogP contribution in [0.4, 0.5) is 10.3 Å². The maximum atomic E-state index is 13.1. The first kappa shape index (κ1) is 16.7. The average Bonchev–Trinajstić information content (AvgIpc) is 3.27. The molecule has 0 atom stereocenters. The highest BCUT2D eigenvalue weighted by Crippen LogP contribution is 2.22. The fourth-order valence-electron chi connectivity index (χ4n) is 2.76. The van der Waals surface area contributed by atoms with E-state index >= 15 is 0 Å². The number of aliphatic hydroxyl groups is 1. The van der Waals surface area contributed by atoms with E-state index in [1.54, 1.807) is 29.1 Å². The summed E-state index contributed by atoms with van der Waals surface area (Å²) >= 11 is 0. The van der Waals surface area contributed by atoms with Gasteiger partial charge in [-0.25, -0.2) is 14.1 Å². The molecule has 0 aliphatic carbocycles. The molecular weight excluding hydrogens is 349 g/mol. The quantitative estimate of drug-likeness (QED) is 0.425. The van der Waals surface area contributed by atoms with Crippen LogP contribution in [0.15, 0.2) is 48.9 Å². The fraction of sp³-hybridized carbons (Fsp3) is 0.111. The van der Waals surface area contributed by atoms with Crippen molar-refractivity contribution in [2.45, 2.75) is 13.5 Å². The number of nitrogens with zero attached hydrogens (tertiary/aromatic N) is 6. The number of halogens is 1. The highest BCUT2D eigenvalue weighted by Gasteiger charge is 2.16. The van der Waals surface area contributed by atoms with Crippen molar-refractivity contribution in [1.82, 2.24) is 29.4 Å². The number of hydrogen-bond acceptors (Lipinski definition) is 6. The van der Waals surface area contributed by atoms with Crippen LogP contribution in [0.2, 0.25) is 0 Å². The standard InChI is InChI=1S/C18H16FN7O/c1-11(3-2-8-27)15-22-17-14-9-21-25(10-12-4-6-13(19)7-5-12)16(14)23-18(20)26(17)24-15/h2-9,27H,10H2,1H3,(H2,20,23)/b8-2-,11-3+. The predicted molar refractivity (Wildman–Crippen MR) is 99.4 cm³/mol. The molecule has 1 aromatic carbocycles. The molecule has 3 aromatic heterocycles. The van der Waals surface area contributed by atoms with Crippen molar-refractivity contribution in [3.63, 3.8) is 0 Å². The van der Waals surface area contributed by atoms with Gasteiger partial charge in [-0.3, -0.25) is 0 Å². The van der Waals surface area contributed by atoms with E-state index in [1.165, 1.54) is 22.7 Å². The summed E-state index contributed by atoms with van der Waals surface area (Å²) in [6, 6.07) is 6.20. The molecule has 0 fully saturated rings. The summed E-state index contributed by atoms with van der Waals surface area (Å²) in [5.41, 5.74) is 8.82. The van der Waals surface area contributed by atoms with Gasteiger partial charge in [0.15, 0.2) is 17.1 Å². The van der Waals surface area contributed by atoms with E-state index in [1.807, 2.05) is 6.92 Å². The monoisotopic (exact) mass is 365 g/mol. The van der Waals surface area contributed by atoms with Gasteiger partial charge in [-0.05, 0) is 36.3 Å². The minimum Gasteiger partial charge on any atom is -0.516 e. The van der Waals surface area contributed by atoms with Crippen LogP contribution in [0.25, 0.3) is 22.3 Å². The summed E-state index contributed by atoms with van der Waals surface area (Å²) in [6.07, 6.45) is 5.77. The van der Waals surface area contributed by atoms with Crippen LogP contribution in [0.5, 0.6) is 0 Å². The molecular formula is C18H16FN7O. The van der Waals surface area contributed by atoms with Gasteiger partial charge in [0.1, 0.15) is 5.82 Å². The van der Waals surface area contributed by atoms with Gasteiger partial charge >= 0.3 is 0 Å². The Kier molecular flexibility index (Phi) is 4.03. The Bertz CT molecular complexity index is 1190. The number of aliphatic hydroxyl groups excluding tert-OH is 1. The number of anilines is 1. The zero-order valence-corrected chi connectivity index (χ0v) is 14.4. The van der Waals surface area contributed by atoms with Crippen LogP contribution in [0.3, 0.4) is 0 Å². The molecule has 0 unspecified atom stereocenters. The third kappa shape index (κ3) is 2.99. The fourth-order valence-corrected chi connectivity index (χ4v) is 2.76. The molecule has 27 heavy (non-hydrogen) atoms. The lowest BCUT2D eigenvalue weighted by Gasteiger charge is -2.04. The topological polar surface area (TPSA) is 107 Å². The molecule has 136 valence electrons. The van der Waals surface area contributed by atoms with Crippen molar-refractivity contribution in [1.29, 1.82) is 0 Å². The van der Waals surface area contributed by atoms with E-state index in [4.69, 9.17) is 10.8 Å². The maximum absolute atomic E-state index is 13.1. The number of fused-ring (bicyclic) bond motifs is 3. The van der Waals surface area contributed by atoms with E-state index in [-0.39, 0.29) is 11.8 Å². The SMILES string of the molecule is C/C(=C\C=C/O)c1nc2c3cnn(Cc4ccc(F)cc4)c3nc(N)n2n1. The summed E-state index contributed by atoms with van der Waals surface area (Å²) in [5.74, 6) is 0.367. The second-order valence-corrected chi connectivity index (χ2v) is 6.00. The van der Waals surface area contributed by atoms with Crippen LogP contribution >= 0.6 is 0 Å². The number of nitrogens with two attached hydrogens (primary N) is 1. The normalized spacial score (nSPS) is 12.6. The highest BCUT2D eigenvalue weighted by atomic mass is 19.1. The number of hydrogen-bond donors (Lipinski definition) is 2. The lowest BCUT2D eigenvalue weighted by Crippen LogP contribution is -2.07. The van der Waals surface area contributed by atoms with E-state index in [0.29, 0.717) is 29.0 Å². The molecule has 0 amide bonds. The molecule has 9 heteroatoms. The Labute approximate surface area is 153 Å². The van der Waals surface area contributed by atoms with E-state index < -0.39 is 0 Å². The Balaban J connectivity index is 1.81. The Morgan fingerprint density at radius 1 is 1.22 bits per heavy atom. The molecule has 8 nitrogen and oxygen atoms in total. The van der Waals surface area contributed by atoms with Gasteiger partial charge in [-0.1, -0.05) is 18.2 Å². The summed E-state index contributed by atoms with van der Waals surface area (Å²) < 4.78 is 16.2. The summed E-state index contributed by atoms with van der Waals surface area (Å²) in [6.45, 7) is 2.25. The molecule has 0 radical (unpaired) electrons. The zero-order valence-electron chi connectivity index (χ0n) is 14.4. The van der Waals surface area contributed by atoms with Gasteiger partial charge in [-0.2, -0.15) is 14.6 Å². The van der Waals surface area contributed by atoms with Gasteiger partial charge in [-0.15, -0.1) is 5.10 Å². The van der Waals surface area contributed by atoms with Crippen LogP contribution in [0, 0.1) is 5.82 Å². The average molecular weight is 365 g/mol. The second kappa shape index (κ2) is 6.52. The molecule has 0 aliphatic heterocycles. The van der Waals surface area contributed by atoms with Gasteiger partial charge in [0.25, 0.3) is 0 Å². The lowest BCUT2D eigenvalue weighted by atomic mass is 10.2. The number of allylic oxidation sites excluding steroid dienone is 3. The molecule has 0 saturated heterocycles. The molecule has 3 N–H and O–H groups in total. The Morgan fingerprint density at radius 3 is 2.74 bits per heavy atom. The molecule has 0 saturated carbocycles. The Hall–Kier alpha value is -3.75. The van der Waals surface area contributed by atoms with Gasteiger partial charge in [0.05, 0.1) is 24.4 Å². The lowest BCUT2D eigenvalue weighted by molar-refractivity contribution is 0.474.